The van der Waals surface area contributed by atoms with Crippen LogP contribution in [0.4, 0.5) is 0 Å². The summed E-state index contributed by atoms with van der Waals surface area (Å²) in [6.45, 7) is 2.49. The molecule has 1 fully saturated rings. The monoisotopic (exact) mass is 336 g/mol. The number of hydrogen-bond donors (Lipinski definition) is 1. The summed E-state index contributed by atoms with van der Waals surface area (Å²) < 4.78 is 27.0. The van der Waals surface area contributed by atoms with Crippen LogP contribution in [-0.2, 0) is 10.0 Å². The van der Waals surface area contributed by atoms with Crippen molar-refractivity contribution in [2.24, 2.45) is 5.92 Å². The maximum atomic E-state index is 12.2. The Kier molecular flexibility index (Phi) is 5.31. The molecule has 0 aliphatic carbocycles. The number of halogens is 2. The van der Waals surface area contributed by atoms with Gasteiger partial charge in [0.2, 0.25) is 10.0 Å². The van der Waals surface area contributed by atoms with Crippen molar-refractivity contribution in [1.29, 1.82) is 0 Å². The van der Waals surface area contributed by atoms with Gasteiger partial charge in [0.1, 0.15) is 0 Å². The molecule has 0 aromatic heterocycles. The van der Waals surface area contributed by atoms with Gasteiger partial charge in [-0.15, -0.1) is 0 Å². The Hall–Kier alpha value is -0.330. The number of likely N-dealkylation sites (tertiary alicyclic amines) is 1. The van der Waals surface area contributed by atoms with E-state index in [0.29, 0.717) is 17.5 Å². The zero-order valence-electron chi connectivity index (χ0n) is 11.3. The lowest BCUT2D eigenvalue weighted by Gasteiger charge is -2.28. The van der Waals surface area contributed by atoms with Crippen LogP contribution in [0.3, 0.4) is 0 Å². The molecule has 7 heteroatoms. The van der Waals surface area contributed by atoms with E-state index in [4.69, 9.17) is 23.2 Å². The van der Waals surface area contributed by atoms with Crippen molar-refractivity contribution in [3.05, 3.63) is 28.2 Å². The van der Waals surface area contributed by atoms with Crippen molar-refractivity contribution in [3.8, 4) is 0 Å². The van der Waals surface area contributed by atoms with Gasteiger partial charge in [-0.05, 0) is 57.1 Å². The van der Waals surface area contributed by atoms with Crippen molar-refractivity contribution in [2.75, 3.05) is 26.7 Å². The smallest absolute Gasteiger partial charge is 0.240 e. The molecule has 0 saturated carbocycles. The average molecular weight is 337 g/mol. The second-order valence-electron chi connectivity index (χ2n) is 5.17. The molecule has 20 heavy (non-hydrogen) atoms. The van der Waals surface area contributed by atoms with E-state index in [-0.39, 0.29) is 9.92 Å². The minimum atomic E-state index is -3.52. The molecule has 0 radical (unpaired) electrons. The van der Waals surface area contributed by atoms with E-state index >= 15 is 0 Å². The topological polar surface area (TPSA) is 49.4 Å². The van der Waals surface area contributed by atoms with Crippen molar-refractivity contribution < 1.29 is 8.42 Å². The van der Waals surface area contributed by atoms with Crippen molar-refractivity contribution >= 4 is 33.2 Å². The standard InChI is InChI=1S/C13H18Cl2N2O2S/c1-17-6-4-10(5-7-17)9-16-20(18,19)11-2-3-12(14)13(15)8-11/h2-3,8,10,16H,4-7,9H2,1H3. The molecule has 112 valence electrons. The first-order valence-corrected chi connectivity index (χ1v) is 8.75. The molecule has 1 aromatic carbocycles. The van der Waals surface area contributed by atoms with Crippen LogP contribution in [-0.4, -0.2) is 40.0 Å². The molecular formula is C13H18Cl2N2O2S. The van der Waals surface area contributed by atoms with Gasteiger partial charge in [0, 0.05) is 6.54 Å². The summed E-state index contributed by atoms with van der Waals surface area (Å²) in [5, 5.41) is 0.592. The van der Waals surface area contributed by atoms with Crippen LogP contribution >= 0.6 is 23.2 Å². The highest BCUT2D eigenvalue weighted by molar-refractivity contribution is 7.89. The number of nitrogens with zero attached hydrogens (tertiary/aromatic N) is 1. The van der Waals surface area contributed by atoms with Crippen molar-refractivity contribution in [3.63, 3.8) is 0 Å². The summed E-state index contributed by atoms with van der Waals surface area (Å²) in [6.07, 6.45) is 2.03. The number of nitrogens with one attached hydrogen (secondary N) is 1. The number of rotatable bonds is 4. The molecule has 4 nitrogen and oxygen atoms in total. The summed E-state index contributed by atoms with van der Waals surface area (Å²) in [6, 6.07) is 4.33. The third kappa shape index (κ3) is 4.09. The number of benzene rings is 1. The summed E-state index contributed by atoms with van der Waals surface area (Å²) in [5.74, 6) is 0.392. The lowest BCUT2D eigenvalue weighted by Crippen LogP contribution is -2.36. The second-order valence-corrected chi connectivity index (χ2v) is 7.76. The zero-order chi connectivity index (χ0) is 14.8. The highest BCUT2D eigenvalue weighted by Gasteiger charge is 2.20. The summed E-state index contributed by atoms with van der Waals surface area (Å²) in [5.41, 5.74) is 0. The highest BCUT2D eigenvalue weighted by Crippen LogP contribution is 2.25. The van der Waals surface area contributed by atoms with Crippen LogP contribution in [0.1, 0.15) is 12.8 Å². The molecule has 2 rings (SSSR count). The minimum absolute atomic E-state index is 0.153. The van der Waals surface area contributed by atoms with Crippen molar-refractivity contribution in [1.82, 2.24) is 9.62 Å². The quantitative estimate of drug-likeness (QED) is 0.919. The van der Waals surface area contributed by atoms with E-state index in [1.54, 1.807) is 0 Å². The van der Waals surface area contributed by atoms with Crippen LogP contribution in [0, 0.1) is 5.92 Å². The molecule has 1 heterocycles. The Bertz CT molecular complexity index is 570. The number of piperidine rings is 1. The van der Waals surface area contributed by atoms with Gasteiger partial charge >= 0.3 is 0 Å². The molecular weight excluding hydrogens is 319 g/mol. The highest BCUT2D eigenvalue weighted by atomic mass is 35.5. The maximum Gasteiger partial charge on any atom is 0.240 e. The van der Waals surface area contributed by atoms with Crippen LogP contribution in [0.2, 0.25) is 10.0 Å². The van der Waals surface area contributed by atoms with E-state index in [1.807, 2.05) is 0 Å². The summed E-state index contributed by atoms with van der Waals surface area (Å²) in [4.78, 5) is 2.41. The third-order valence-corrected chi connectivity index (χ3v) is 5.76. The Morgan fingerprint density at radius 1 is 1.25 bits per heavy atom. The molecule has 1 aliphatic rings. The molecule has 1 aromatic rings. The Morgan fingerprint density at radius 3 is 2.50 bits per heavy atom. The molecule has 1 saturated heterocycles. The Balaban J connectivity index is 1.98. The van der Waals surface area contributed by atoms with Gasteiger partial charge in [0.05, 0.1) is 14.9 Å². The second kappa shape index (κ2) is 6.62. The van der Waals surface area contributed by atoms with Gasteiger partial charge in [-0.3, -0.25) is 0 Å². The van der Waals surface area contributed by atoms with E-state index in [9.17, 15) is 8.42 Å². The fourth-order valence-electron chi connectivity index (χ4n) is 2.22. The summed E-state index contributed by atoms with van der Waals surface area (Å²) in [7, 11) is -1.44. The van der Waals surface area contributed by atoms with Crippen LogP contribution < -0.4 is 4.72 Å². The SMILES string of the molecule is CN1CCC(CNS(=O)(=O)c2ccc(Cl)c(Cl)c2)CC1. The lowest BCUT2D eigenvalue weighted by molar-refractivity contribution is 0.220. The zero-order valence-corrected chi connectivity index (χ0v) is 13.6. The molecule has 0 amide bonds. The predicted octanol–water partition coefficient (Wildman–Crippen LogP) is 2.61. The van der Waals surface area contributed by atoms with Gasteiger partial charge in [-0.25, -0.2) is 13.1 Å². The maximum absolute atomic E-state index is 12.2. The number of hydrogen-bond acceptors (Lipinski definition) is 3. The van der Waals surface area contributed by atoms with Gasteiger partial charge < -0.3 is 4.90 Å². The fraction of sp³-hybridized carbons (Fsp3) is 0.538. The van der Waals surface area contributed by atoms with Gasteiger partial charge in [0.25, 0.3) is 0 Å². The van der Waals surface area contributed by atoms with Crippen LogP contribution in [0.15, 0.2) is 23.1 Å². The first-order valence-electron chi connectivity index (χ1n) is 6.52. The molecule has 0 atom stereocenters. The third-order valence-electron chi connectivity index (χ3n) is 3.60. The van der Waals surface area contributed by atoms with E-state index in [0.717, 1.165) is 25.9 Å². The first kappa shape index (κ1) is 16.0. The van der Waals surface area contributed by atoms with E-state index in [2.05, 4.69) is 16.7 Å². The molecule has 1 N–H and O–H groups in total. The molecule has 0 spiro atoms. The lowest BCUT2D eigenvalue weighted by atomic mass is 9.98. The van der Waals surface area contributed by atoms with Gasteiger partial charge in [0.15, 0.2) is 0 Å². The van der Waals surface area contributed by atoms with Gasteiger partial charge in [-0.2, -0.15) is 0 Å². The predicted molar refractivity (Wildman–Crippen MR) is 81.9 cm³/mol. The minimum Gasteiger partial charge on any atom is -0.306 e. The van der Waals surface area contributed by atoms with Crippen LogP contribution in [0.5, 0.6) is 0 Å². The largest absolute Gasteiger partial charge is 0.306 e. The van der Waals surface area contributed by atoms with E-state index < -0.39 is 10.0 Å². The molecule has 0 bridgehead atoms. The molecule has 0 unspecified atom stereocenters. The van der Waals surface area contributed by atoms with Crippen LogP contribution in [0.25, 0.3) is 0 Å². The Labute approximate surface area is 130 Å². The molecule has 1 aliphatic heterocycles. The first-order chi connectivity index (χ1) is 9.38. The van der Waals surface area contributed by atoms with E-state index in [1.165, 1.54) is 18.2 Å². The fourth-order valence-corrected chi connectivity index (χ4v) is 3.73. The van der Waals surface area contributed by atoms with Crippen molar-refractivity contribution in [2.45, 2.75) is 17.7 Å². The normalized spacial score (nSPS) is 18.4. The Morgan fingerprint density at radius 2 is 1.90 bits per heavy atom. The van der Waals surface area contributed by atoms with Gasteiger partial charge in [-0.1, -0.05) is 23.2 Å². The average Bonchev–Trinajstić information content (AvgIpc) is 2.41. The summed E-state index contributed by atoms with van der Waals surface area (Å²) >= 11 is 11.6. The number of sulfonamides is 1.